The number of hydrogen-bond acceptors (Lipinski definition) is 2. The van der Waals surface area contributed by atoms with Gasteiger partial charge in [-0.05, 0) is 30.3 Å². The van der Waals surface area contributed by atoms with Gasteiger partial charge in [-0.25, -0.2) is 0 Å². The van der Waals surface area contributed by atoms with Gasteiger partial charge in [-0.15, -0.1) is 0 Å². The lowest BCUT2D eigenvalue weighted by molar-refractivity contribution is 0.420. The molecule has 106 valence electrons. The second-order valence-electron chi connectivity index (χ2n) is 5.86. The van der Waals surface area contributed by atoms with E-state index >= 15 is 0 Å². The SMILES string of the molecule is CCNC1CCCCCC1c1cncc2ccccc12. The molecule has 1 fully saturated rings. The summed E-state index contributed by atoms with van der Waals surface area (Å²) in [5.41, 5.74) is 1.44. The van der Waals surface area contributed by atoms with Gasteiger partial charge in [0.2, 0.25) is 0 Å². The maximum Gasteiger partial charge on any atom is 0.0346 e. The Kier molecular flexibility index (Phi) is 4.31. The summed E-state index contributed by atoms with van der Waals surface area (Å²) in [5.74, 6) is 0.607. The largest absolute Gasteiger partial charge is 0.314 e. The second-order valence-corrected chi connectivity index (χ2v) is 5.86. The van der Waals surface area contributed by atoms with Crippen LogP contribution in [0.5, 0.6) is 0 Å². The summed E-state index contributed by atoms with van der Waals surface area (Å²) in [5, 5.41) is 6.36. The molecule has 1 aromatic heterocycles. The van der Waals surface area contributed by atoms with E-state index in [2.05, 4.69) is 47.7 Å². The molecule has 20 heavy (non-hydrogen) atoms. The van der Waals surface area contributed by atoms with Gasteiger partial charge < -0.3 is 5.32 Å². The zero-order valence-electron chi connectivity index (χ0n) is 12.3. The molecule has 0 spiro atoms. The van der Waals surface area contributed by atoms with Gasteiger partial charge in [-0.1, -0.05) is 50.5 Å². The molecule has 1 N–H and O–H groups in total. The fraction of sp³-hybridized carbons (Fsp3) is 0.500. The predicted molar refractivity (Wildman–Crippen MR) is 85.0 cm³/mol. The van der Waals surface area contributed by atoms with E-state index in [1.165, 1.54) is 48.4 Å². The molecule has 1 saturated carbocycles. The van der Waals surface area contributed by atoms with Gasteiger partial charge in [0.15, 0.2) is 0 Å². The number of nitrogens with one attached hydrogen (secondary N) is 1. The van der Waals surface area contributed by atoms with Gasteiger partial charge in [0.1, 0.15) is 0 Å². The molecule has 0 radical (unpaired) electrons. The van der Waals surface area contributed by atoms with Crippen molar-refractivity contribution in [2.75, 3.05) is 6.54 Å². The molecular weight excluding hydrogens is 244 g/mol. The number of fused-ring (bicyclic) bond motifs is 1. The number of benzene rings is 1. The van der Waals surface area contributed by atoms with E-state index in [0.717, 1.165) is 6.54 Å². The third-order valence-electron chi connectivity index (χ3n) is 4.58. The molecule has 2 heteroatoms. The van der Waals surface area contributed by atoms with Crippen LogP contribution in [0, 0.1) is 0 Å². The Bertz CT molecular complexity index is 559. The zero-order valence-corrected chi connectivity index (χ0v) is 12.3. The molecule has 2 atom stereocenters. The van der Waals surface area contributed by atoms with Crippen LogP contribution in [-0.2, 0) is 0 Å². The van der Waals surface area contributed by atoms with Crippen LogP contribution in [0.3, 0.4) is 0 Å². The van der Waals surface area contributed by atoms with Crippen molar-refractivity contribution < 1.29 is 0 Å². The fourth-order valence-corrected chi connectivity index (χ4v) is 3.62. The van der Waals surface area contributed by atoms with Crippen molar-refractivity contribution in [1.82, 2.24) is 10.3 Å². The Labute approximate surface area is 121 Å². The van der Waals surface area contributed by atoms with Crippen molar-refractivity contribution in [3.05, 3.63) is 42.2 Å². The van der Waals surface area contributed by atoms with E-state index in [1.807, 2.05) is 6.20 Å². The molecule has 0 amide bonds. The Morgan fingerprint density at radius 3 is 2.85 bits per heavy atom. The standard InChI is InChI=1S/C18H24N2/c1-2-20-18-11-5-3-4-10-16(18)17-13-19-12-14-8-6-7-9-15(14)17/h6-9,12-13,16,18,20H,2-5,10-11H2,1H3. The summed E-state index contributed by atoms with van der Waals surface area (Å²) < 4.78 is 0. The average Bonchev–Trinajstić information content (AvgIpc) is 2.73. The monoisotopic (exact) mass is 268 g/mol. The summed E-state index contributed by atoms with van der Waals surface area (Å²) in [6.45, 7) is 3.27. The Hall–Kier alpha value is -1.41. The van der Waals surface area contributed by atoms with Crippen molar-refractivity contribution in [2.24, 2.45) is 0 Å². The molecule has 1 aliphatic carbocycles. The fourth-order valence-electron chi connectivity index (χ4n) is 3.62. The van der Waals surface area contributed by atoms with Crippen LogP contribution in [0.4, 0.5) is 0 Å². The van der Waals surface area contributed by atoms with Crippen molar-refractivity contribution in [3.63, 3.8) is 0 Å². The van der Waals surface area contributed by atoms with Gasteiger partial charge in [-0.3, -0.25) is 4.98 Å². The van der Waals surface area contributed by atoms with Gasteiger partial charge in [0.25, 0.3) is 0 Å². The van der Waals surface area contributed by atoms with Gasteiger partial charge >= 0.3 is 0 Å². The number of pyridine rings is 1. The van der Waals surface area contributed by atoms with Crippen molar-refractivity contribution in [1.29, 1.82) is 0 Å². The normalized spacial score (nSPS) is 23.6. The van der Waals surface area contributed by atoms with Crippen LogP contribution in [0.15, 0.2) is 36.7 Å². The lowest BCUT2D eigenvalue weighted by Gasteiger charge is -2.27. The van der Waals surface area contributed by atoms with Crippen molar-refractivity contribution >= 4 is 10.8 Å². The van der Waals surface area contributed by atoms with Crippen LogP contribution in [0.2, 0.25) is 0 Å². The van der Waals surface area contributed by atoms with Crippen LogP contribution < -0.4 is 5.32 Å². The number of likely N-dealkylation sites (N-methyl/N-ethyl adjacent to an activating group) is 1. The number of aromatic nitrogens is 1. The van der Waals surface area contributed by atoms with E-state index in [4.69, 9.17) is 0 Å². The second kappa shape index (κ2) is 6.36. The highest BCUT2D eigenvalue weighted by atomic mass is 14.9. The highest BCUT2D eigenvalue weighted by Gasteiger charge is 2.25. The first kappa shape index (κ1) is 13.6. The summed E-state index contributed by atoms with van der Waals surface area (Å²) in [4.78, 5) is 4.49. The number of hydrogen-bond donors (Lipinski definition) is 1. The quantitative estimate of drug-likeness (QED) is 0.841. The highest BCUT2D eigenvalue weighted by Crippen LogP contribution is 2.35. The van der Waals surface area contributed by atoms with E-state index in [0.29, 0.717) is 12.0 Å². The first-order valence-electron chi connectivity index (χ1n) is 7.96. The highest BCUT2D eigenvalue weighted by molar-refractivity contribution is 5.85. The van der Waals surface area contributed by atoms with Crippen LogP contribution in [0.1, 0.15) is 50.5 Å². The van der Waals surface area contributed by atoms with Crippen LogP contribution >= 0.6 is 0 Å². The zero-order chi connectivity index (χ0) is 13.8. The van der Waals surface area contributed by atoms with E-state index in [-0.39, 0.29) is 0 Å². The Balaban J connectivity index is 2.02. The van der Waals surface area contributed by atoms with E-state index in [1.54, 1.807) is 0 Å². The molecular formula is C18H24N2. The van der Waals surface area contributed by atoms with E-state index in [9.17, 15) is 0 Å². The summed E-state index contributed by atoms with van der Waals surface area (Å²) in [6.07, 6.45) is 10.7. The lowest BCUT2D eigenvalue weighted by atomic mass is 9.86. The molecule has 2 nitrogen and oxygen atoms in total. The van der Waals surface area contributed by atoms with Gasteiger partial charge in [0.05, 0.1) is 0 Å². The molecule has 1 heterocycles. The summed E-state index contributed by atoms with van der Waals surface area (Å²) >= 11 is 0. The average molecular weight is 268 g/mol. The van der Waals surface area contributed by atoms with E-state index < -0.39 is 0 Å². The summed E-state index contributed by atoms with van der Waals surface area (Å²) in [6, 6.07) is 9.27. The third kappa shape index (κ3) is 2.71. The lowest BCUT2D eigenvalue weighted by Crippen LogP contribution is -2.34. The molecule has 0 bridgehead atoms. The molecule has 2 aromatic rings. The van der Waals surface area contributed by atoms with Gasteiger partial charge in [-0.2, -0.15) is 0 Å². The topological polar surface area (TPSA) is 24.9 Å². The third-order valence-corrected chi connectivity index (χ3v) is 4.58. The van der Waals surface area contributed by atoms with Gasteiger partial charge in [0, 0.05) is 29.7 Å². The Morgan fingerprint density at radius 2 is 1.95 bits per heavy atom. The smallest absolute Gasteiger partial charge is 0.0346 e. The van der Waals surface area contributed by atoms with Crippen LogP contribution in [0.25, 0.3) is 10.8 Å². The molecule has 1 aromatic carbocycles. The number of rotatable bonds is 3. The maximum absolute atomic E-state index is 4.49. The number of nitrogens with zero attached hydrogens (tertiary/aromatic N) is 1. The van der Waals surface area contributed by atoms with Crippen molar-refractivity contribution in [2.45, 2.75) is 51.0 Å². The molecule has 0 aliphatic heterocycles. The Morgan fingerprint density at radius 1 is 1.10 bits per heavy atom. The molecule has 1 aliphatic rings. The van der Waals surface area contributed by atoms with Crippen molar-refractivity contribution in [3.8, 4) is 0 Å². The minimum atomic E-state index is 0.607. The minimum absolute atomic E-state index is 0.607. The summed E-state index contributed by atoms with van der Waals surface area (Å²) in [7, 11) is 0. The minimum Gasteiger partial charge on any atom is -0.314 e. The molecule has 2 unspecified atom stereocenters. The first-order valence-corrected chi connectivity index (χ1v) is 7.96. The molecule has 0 saturated heterocycles. The predicted octanol–water partition coefficient (Wildman–Crippen LogP) is 4.26. The molecule has 3 rings (SSSR count). The van der Waals surface area contributed by atoms with Crippen LogP contribution in [-0.4, -0.2) is 17.6 Å². The maximum atomic E-state index is 4.49. The first-order chi connectivity index (χ1) is 9.90.